The van der Waals surface area contributed by atoms with Crippen LogP contribution in [0, 0.1) is 0 Å². The zero-order valence-electron chi connectivity index (χ0n) is 25.0. The van der Waals surface area contributed by atoms with E-state index in [2.05, 4.69) is 25.3 Å². The van der Waals surface area contributed by atoms with E-state index in [9.17, 15) is 31.2 Å². The van der Waals surface area contributed by atoms with E-state index in [1.807, 2.05) is 0 Å². The average Bonchev–Trinajstić information content (AvgIpc) is 2.99. The van der Waals surface area contributed by atoms with Gasteiger partial charge in [0.15, 0.2) is 0 Å². The molecule has 0 unspecified atom stereocenters. The van der Waals surface area contributed by atoms with Crippen LogP contribution in [0.15, 0.2) is 71.9 Å². The van der Waals surface area contributed by atoms with Crippen molar-refractivity contribution in [2.24, 2.45) is 0 Å². The van der Waals surface area contributed by atoms with Crippen LogP contribution in [-0.4, -0.2) is 67.6 Å². The fraction of sp³-hybridized carbons (Fsp3) is 0.400. The van der Waals surface area contributed by atoms with Gasteiger partial charge in [-0.25, -0.2) is 18.4 Å². The number of sulfonamides is 1. The molecule has 242 valence electrons. The highest BCUT2D eigenvalue weighted by Gasteiger charge is 2.34. The number of rotatable bonds is 10. The molecular weight excluding hydrogens is 613 g/mol. The molecule has 0 saturated carbocycles. The SMILES string of the molecule is CC(C)(C)OC(=O)[C@H](CNC(=O)c1cc(N2CCC(Nc3ncccn3)CC2)cc(C(F)(F)F)c1)NS(=O)(=O)c1ccccc1. The lowest BCUT2D eigenvalue weighted by Crippen LogP contribution is -2.50. The van der Waals surface area contributed by atoms with Crippen LogP contribution >= 0.6 is 0 Å². The Morgan fingerprint density at radius 1 is 1.00 bits per heavy atom. The topological polar surface area (TPSA) is 143 Å². The largest absolute Gasteiger partial charge is 0.459 e. The summed E-state index contributed by atoms with van der Waals surface area (Å²) in [7, 11) is -4.22. The van der Waals surface area contributed by atoms with Crippen molar-refractivity contribution >= 4 is 33.5 Å². The van der Waals surface area contributed by atoms with Gasteiger partial charge in [0, 0.05) is 49.3 Å². The molecule has 15 heteroatoms. The first kappa shape index (κ1) is 33.6. The van der Waals surface area contributed by atoms with Gasteiger partial charge in [0.25, 0.3) is 5.91 Å². The number of esters is 1. The first-order valence-electron chi connectivity index (χ1n) is 14.2. The van der Waals surface area contributed by atoms with E-state index < -0.39 is 51.8 Å². The van der Waals surface area contributed by atoms with E-state index >= 15 is 0 Å². The van der Waals surface area contributed by atoms with Crippen molar-refractivity contribution in [3.63, 3.8) is 0 Å². The van der Waals surface area contributed by atoms with Crippen LogP contribution < -0.4 is 20.3 Å². The molecule has 1 aliphatic rings. The molecule has 11 nitrogen and oxygen atoms in total. The third-order valence-electron chi connectivity index (χ3n) is 6.78. The van der Waals surface area contributed by atoms with Gasteiger partial charge in [-0.3, -0.25) is 9.59 Å². The van der Waals surface area contributed by atoms with Crippen molar-refractivity contribution in [2.45, 2.75) is 62.4 Å². The van der Waals surface area contributed by atoms with E-state index in [0.717, 1.165) is 12.1 Å². The number of nitrogens with one attached hydrogen (secondary N) is 3. The Hall–Kier alpha value is -4.24. The Kier molecular flexibility index (Phi) is 10.3. The molecule has 3 N–H and O–H groups in total. The van der Waals surface area contributed by atoms with Crippen molar-refractivity contribution in [3.8, 4) is 0 Å². The number of benzene rings is 2. The number of piperidine rings is 1. The van der Waals surface area contributed by atoms with Gasteiger partial charge in [-0.05, 0) is 70.0 Å². The van der Waals surface area contributed by atoms with Crippen molar-refractivity contribution in [1.82, 2.24) is 20.0 Å². The molecule has 2 heterocycles. The second kappa shape index (κ2) is 13.8. The van der Waals surface area contributed by atoms with Gasteiger partial charge in [0.2, 0.25) is 16.0 Å². The first-order valence-corrected chi connectivity index (χ1v) is 15.7. The van der Waals surface area contributed by atoms with Crippen molar-refractivity contribution in [2.75, 3.05) is 29.9 Å². The normalized spacial score (nSPS) is 15.3. The van der Waals surface area contributed by atoms with Crippen LogP contribution in [0.5, 0.6) is 0 Å². The summed E-state index contributed by atoms with van der Waals surface area (Å²) in [5.74, 6) is -1.43. The number of nitrogens with zero attached hydrogens (tertiary/aromatic N) is 3. The maximum absolute atomic E-state index is 13.9. The van der Waals surface area contributed by atoms with Crippen molar-refractivity contribution < 1.29 is 35.9 Å². The predicted molar refractivity (Wildman–Crippen MR) is 161 cm³/mol. The Balaban J connectivity index is 1.51. The monoisotopic (exact) mass is 648 g/mol. The van der Waals surface area contributed by atoms with Gasteiger partial charge in [0.05, 0.1) is 10.5 Å². The highest BCUT2D eigenvalue weighted by Crippen LogP contribution is 2.34. The Morgan fingerprint density at radius 3 is 2.24 bits per heavy atom. The third kappa shape index (κ3) is 9.62. The molecule has 1 amide bonds. The molecule has 0 bridgehead atoms. The summed E-state index contributed by atoms with van der Waals surface area (Å²) in [4.78, 5) is 36.1. The molecule has 3 aromatic rings. The van der Waals surface area contributed by atoms with Gasteiger partial charge in [-0.1, -0.05) is 18.2 Å². The van der Waals surface area contributed by atoms with Crippen LogP contribution in [0.3, 0.4) is 0 Å². The van der Waals surface area contributed by atoms with Gasteiger partial charge in [0.1, 0.15) is 11.6 Å². The zero-order valence-corrected chi connectivity index (χ0v) is 25.8. The smallest absolute Gasteiger partial charge is 0.416 e. The van der Waals surface area contributed by atoms with Gasteiger partial charge < -0.3 is 20.3 Å². The molecule has 1 atom stereocenters. The molecule has 1 fully saturated rings. The summed E-state index contributed by atoms with van der Waals surface area (Å²) in [6.45, 7) is 5.01. The summed E-state index contributed by atoms with van der Waals surface area (Å²) in [6, 6.07) is 10.5. The molecule has 1 aliphatic heterocycles. The van der Waals surface area contributed by atoms with Crippen LogP contribution in [-0.2, 0) is 25.7 Å². The number of carbonyl (C=O) groups is 2. The molecule has 0 aliphatic carbocycles. The van der Waals surface area contributed by atoms with E-state index in [-0.39, 0.29) is 22.2 Å². The number of alkyl halides is 3. The Bertz CT molecular complexity index is 1580. The van der Waals surface area contributed by atoms with E-state index in [0.29, 0.717) is 31.9 Å². The number of ether oxygens (including phenoxy) is 1. The number of carbonyl (C=O) groups excluding carboxylic acids is 2. The maximum atomic E-state index is 13.9. The lowest BCUT2D eigenvalue weighted by atomic mass is 10.0. The number of amides is 1. The zero-order chi connectivity index (χ0) is 32.8. The third-order valence-corrected chi connectivity index (χ3v) is 8.26. The highest BCUT2D eigenvalue weighted by molar-refractivity contribution is 7.89. The molecular formula is C30H35F3N6O5S. The molecule has 1 saturated heterocycles. The fourth-order valence-electron chi connectivity index (χ4n) is 4.62. The number of anilines is 2. The minimum Gasteiger partial charge on any atom is -0.459 e. The van der Waals surface area contributed by atoms with E-state index in [1.54, 1.807) is 50.2 Å². The summed E-state index contributed by atoms with van der Waals surface area (Å²) in [5, 5.41) is 5.62. The van der Waals surface area contributed by atoms with Gasteiger partial charge >= 0.3 is 12.1 Å². The van der Waals surface area contributed by atoms with Crippen molar-refractivity contribution in [3.05, 3.63) is 78.1 Å². The van der Waals surface area contributed by atoms with Crippen LogP contribution in [0.2, 0.25) is 0 Å². The number of hydrogen-bond acceptors (Lipinski definition) is 9. The molecule has 2 aromatic carbocycles. The second-order valence-electron chi connectivity index (χ2n) is 11.5. The Morgan fingerprint density at radius 2 is 1.64 bits per heavy atom. The number of hydrogen-bond donors (Lipinski definition) is 3. The van der Waals surface area contributed by atoms with Gasteiger partial charge in [-0.2, -0.15) is 17.9 Å². The van der Waals surface area contributed by atoms with E-state index in [4.69, 9.17) is 4.74 Å². The quantitative estimate of drug-likeness (QED) is 0.278. The lowest BCUT2D eigenvalue weighted by Gasteiger charge is -2.34. The fourth-order valence-corrected chi connectivity index (χ4v) is 5.83. The van der Waals surface area contributed by atoms with Gasteiger partial charge in [-0.15, -0.1) is 0 Å². The van der Waals surface area contributed by atoms with Crippen LogP contribution in [0.1, 0.15) is 49.5 Å². The molecule has 4 rings (SSSR count). The summed E-state index contributed by atoms with van der Waals surface area (Å²) < 4.78 is 75.2. The average molecular weight is 649 g/mol. The van der Waals surface area contributed by atoms with E-state index in [1.165, 1.54) is 30.3 Å². The van der Waals surface area contributed by atoms with Crippen LogP contribution in [0.25, 0.3) is 0 Å². The predicted octanol–water partition coefficient (Wildman–Crippen LogP) is 3.99. The Labute approximate surface area is 259 Å². The number of halogens is 3. The summed E-state index contributed by atoms with van der Waals surface area (Å²) in [6.07, 6.45) is -0.342. The lowest BCUT2D eigenvalue weighted by molar-refractivity contribution is -0.156. The number of aromatic nitrogens is 2. The molecule has 0 spiro atoms. The minimum absolute atomic E-state index is 0.0154. The van der Waals surface area contributed by atoms with Crippen LogP contribution in [0.4, 0.5) is 24.8 Å². The second-order valence-corrected chi connectivity index (χ2v) is 13.2. The first-order chi connectivity index (χ1) is 21.1. The standard InChI is InChI=1S/C30H35F3N6O5S/c1-29(2,3)44-27(41)25(38-45(42,43)24-8-5-4-6-9-24)19-36-26(40)20-16-21(30(31,32)33)18-23(17-20)39-14-10-22(11-15-39)37-28-34-12-7-13-35-28/h4-9,12-13,16-18,22,25,38H,10-11,14-15,19H2,1-3H3,(H,36,40)(H,34,35,37)/t25-/m0/s1. The van der Waals surface area contributed by atoms with Crippen molar-refractivity contribution in [1.29, 1.82) is 0 Å². The molecule has 1 aromatic heterocycles. The summed E-state index contributed by atoms with van der Waals surface area (Å²) in [5.41, 5.74) is -2.09. The maximum Gasteiger partial charge on any atom is 0.416 e. The molecule has 45 heavy (non-hydrogen) atoms. The highest BCUT2D eigenvalue weighted by atomic mass is 32.2. The molecule has 0 radical (unpaired) electrons. The summed E-state index contributed by atoms with van der Waals surface area (Å²) >= 11 is 0. The minimum atomic E-state index is -4.74.